The number of thiazole rings is 1. The van der Waals surface area contributed by atoms with Gasteiger partial charge in [0.05, 0.1) is 10.2 Å². The third-order valence-corrected chi connectivity index (χ3v) is 6.59. The molecule has 2 aliphatic heterocycles. The van der Waals surface area contributed by atoms with Gasteiger partial charge in [0.1, 0.15) is 6.10 Å². The molecule has 3 aromatic rings. The average molecular weight is 404 g/mol. The van der Waals surface area contributed by atoms with Gasteiger partial charge in [-0.15, -0.1) is 0 Å². The van der Waals surface area contributed by atoms with Crippen LogP contribution in [0.2, 0.25) is 0 Å². The third kappa shape index (κ3) is 4.41. The van der Waals surface area contributed by atoms with Crippen molar-refractivity contribution in [1.82, 2.24) is 9.88 Å². The number of piperidine rings is 1. The molecule has 0 aliphatic carbocycles. The van der Waals surface area contributed by atoms with Crippen molar-refractivity contribution < 1.29 is 4.74 Å². The summed E-state index contributed by atoms with van der Waals surface area (Å²) < 4.78 is 7.47. The van der Waals surface area contributed by atoms with Crippen LogP contribution in [-0.4, -0.2) is 41.8 Å². The number of likely N-dealkylation sites (tertiary alicyclic amines) is 1. The molecule has 0 amide bonds. The van der Waals surface area contributed by atoms with Gasteiger partial charge in [0.2, 0.25) is 0 Å². The highest BCUT2D eigenvalue weighted by Gasteiger charge is 2.22. The number of hydrogen-bond acceptors (Lipinski definition) is 5. The molecule has 0 radical (unpaired) electrons. The van der Waals surface area contributed by atoms with E-state index >= 15 is 0 Å². The standard InChI is InChI=1S/C24H25N3OS/c1-2-4-18(5-3-1)17-27-14-10-21(11-15-27)28-24-26-22-7-6-20(16-23(22)29-24)19-8-12-25-13-9-19/h1-8,12,16,21H,9-11,13-15,17H2. The van der Waals surface area contributed by atoms with Crippen LogP contribution >= 0.6 is 11.3 Å². The van der Waals surface area contributed by atoms with E-state index in [4.69, 9.17) is 9.72 Å². The van der Waals surface area contributed by atoms with Crippen molar-refractivity contribution in [2.24, 2.45) is 4.99 Å². The molecule has 5 heteroatoms. The first-order valence-corrected chi connectivity index (χ1v) is 11.2. The van der Waals surface area contributed by atoms with E-state index in [0.717, 1.165) is 56.2 Å². The van der Waals surface area contributed by atoms with Crippen molar-refractivity contribution >= 4 is 33.3 Å². The molecule has 1 aromatic heterocycles. The minimum absolute atomic E-state index is 0.263. The second kappa shape index (κ2) is 8.47. The Morgan fingerprint density at radius 2 is 1.93 bits per heavy atom. The van der Waals surface area contributed by atoms with Crippen LogP contribution in [0.1, 0.15) is 30.4 Å². The predicted octanol–water partition coefficient (Wildman–Crippen LogP) is 5.20. The lowest BCUT2D eigenvalue weighted by Gasteiger charge is -2.31. The summed E-state index contributed by atoms with van der Waals surface area (Å²) in [6, 6.07) is 17.2. The normalized spacial score (nSPS) is 18.1. The highest BCUT2D eigenvalue weighted by Crippen LogP contribution is 2.32. The Morgan fingerprint density at radius 3 is 2.72 bits per heavy atom. The monoisotopic (exact) mass is 403 g/mol. The van der Waals surface area contributed by atoms with Gasteiger partial charge in [-0.2, -0.15) is 0 Å². The van der Waals surface area contributed by atoms with E-state index in [1.54, 1.807) is 11.3 Å². The second-order valence-electron chi connectivity index (χ2n) is 7.74. The van der Waals surface area contributed by atoms with Gasteiger partial charge in [-0.05, 0) is 54.2 Å². The average Bonchev–Trinajstić information content (AvgIpc) is 3.18. The molecule has 148 valence electrons. The predicted molar refractivity (Wildman–Crippen MR) is 121 cm³/mol. The smallest absolute Gasteiger partial charge is 0.274 e. The Hall–Kier alpha value is -2.50. The number of allylic oxidation sites excluding steroid dienone is 1. The number of aliphatic imine (C=N–C) groups is 1. The van der Waals surface area contributed by atoms with Gasteiger partial charge < -0.3 is 4.74 Å². The SMILES string of the molecule is C1=NCCC(c2ccc3nc(OC4CCN(Cc5ccccc5)CC4)sc3c2)=C1. The van der Waals surface area contributed by atoms with Crippen molar-refractivity contribution in [2.75, 3.05) is 19.6 Å². The van der Waals surface area contributed by atoms with Crippen LogP contribution in [0.5, 0.6) is 5.19 Å². The van der Waals surface area contributed by atoms with E-state index in [1.165, 1.54) is 21.4 Å². The highest BCUT2D eigenvalue weighted by atomic mass is 32.1. The van der Waals surface area contributed by atoms with Gasteiger partial charge in [-0.3, -0.25) is 9.89 Å². The maximum Gasteiger partial charge on any atom is 0.274 e. The molecule has 0 unspecified atom stereocenters. The molecule has 2 aliphatic rings. The van der Waals surface area contributed by atoms with Gasteiger partial charge in [0.15, 0.2) is 0 Å². The van der Waals surface area contributed by atoms with Crippen LogP contribution in [0.4, 0.5) is 0 Å². The minimum atomic E-state index is 0.263. The van der Waals surface area contributed by atoms with Crippen LogP contribution in [0.25, 0.3) is 15.8 Å². The molecular formula is C24H25N3OS. The van der Waals surface area contributed by atoms with Crippen LogP contribution < -0.4 is 4.74 Å². The lowest BCUT2D eigenvalue weighted by atomic mass is 10.0. The summed E-state index contributed by atoms with van der Waals surface area (Å²) >= 11 is 1.66. The molecule has 29 heavy (non-hydrogen) atoms. The van der Waals surface area contributed by atoms with Gasteiger partial charge >= 0.3 is 0 Å². The number of benzene rings is 2. The Labute approximate surface area is 175 Å². The topological polar surface area (TPSA) is 37.7 Å². The summed E-state index contributed by atoms with van der Waals surface area (Å²) in [4.78, 5) is 11.5. The zero-order chi connectivity index (χ0) is 19.5. The highest BCUT2D eigenvalue weighted by molar-refractivity contribution is 7.20. The fourth-order valence-electron chi connectivity index (χ4n) is 4.05. The first-order chi connectivity index (χ1) is 14.3. The van der Waals surface area contributed by atoms with E-state index in [9.17, 15) is 0 Å². The van der Waals surface area contributed by atoms with Crippen molar-refractivity contribution in [2.45, 2.75) is 31.9 Å². The maximum absolute atomic E-state index is 6.27. The third-order valence-electron chi connectivity index (χ3n) is 5.68. The van der Waals surface area contributed by atoms with Gasteiger partial charge in [-0.1, -0.05) is 47.7 Å². The van der Waals surface area contributed by atoms with Crippen molar-refractivity contribution in [3.63, 3.8) is 0 Å². The molecule has 0 bridgehead atoms. The number of ether oxygens (including phenoxy) is 1. The van der Waals surface area contributed by atoms with Crippen LogP contribution in [0.15, 0.2) is 59.6 Å². The van der Waals surface area contributed by atoms with Gasteiger partial charge in [-0.25, -0.2) is 4.98 Å². The second-order valence-corrected chi connectivity index (χ2v) is 8.73. The van der Waals surface area contributed by atoms with Crippen LogP contribution in [0, 0.1) is 0 Å². The molecule has 2 aromatic carbocycles. The number of aromatic nitrogens is 1. The molecule has 1 saturated heterocycles. The van der Waals surface area contributed by atoms with E-state index in [1.807, 2.05) is 6.21 Å². The quantitative estimate of drug-likeness (QED) is 0.588. The van der Waals surface area contributed by atoms with E-state index in [-0.39, 0.29) is 6.10 Å². The van der Waals surface area contributed by atoms with Crippen LogP contribution in [-0.2, 0) is 6.54 Å². The number of hydrogen-bond donors (Lipinski definition) is 0. The Bertz CT molecular complexity index is 1030. The summed E-state index contributed by atoms with van der Waals surface area (Å²) in [6.07, 6.45) is 7.41. The summed E-state index contributed by atoms with van der Waals surface area (Å²) in [6.45, 7) is 4.05. The molecule has 5 rings (SSSR count). The fraction of sp³-hybridized carbons (Fsp3) is 0.333. The number of nitrogens with zero attached hydrogens (tertiary/aromatic N) is 3. The minimum Gasteiger partial charge on any atom is -0.467 e. The largest absolute Gasteiger partial charge is 0.467 e. The van der Waals surface area contributed by atoms with Crippen molar-refractivity contribution in [3.8, 4) is 5.19 Å². The summed E-state index contributed by atoms with van der Waals surface area (Å²) in [5, 5.41) is 0.804. The fourth-order valence-corrected chi connectivity index (χ4v) is 4.97. The Kier molecular flexibility index (Phi) is 5.41. The van der Waals surface area contributed by atoms with E-state index < -0.39 is 0 Å². The molecule has 0 atom stereocenters. The molecule has 3 heterocycles. The van der Waals surface area contributed by atoms with E-state index in [2.05, 4.69) is 64.5 Å². The first kappa shape index (κ1) is 18.5. The summed E-state index contributed by atoms with van der Waals surface area (Å²) in [5.74, 6) is 0. The molecule has 0 saturated carbocycles. The lowest BCUT2D eigenvalue weighted by Crippen LogP contribution is -2.37. The zero-order valence-corrected chi connectivity index (χ0v) is 17.3. The molecular weight excluding hydrogens is 378 g/mol. The number of rotatable bonds is 5. The molecule has 0 N–H and O–H groups in total. The summed E-state index contributed by atoms with van der Waals surface area (Å²) in [7, 11) is 0. The van der Waals surface area contributed by atoms with Gasteiger partial charge in [0.25, 0.3) is 5.19 Å². The molecule has 1 fully saturated rings. The first-order valence-electron chi connectivity index (χ1n) is 10.4. The van der Waals surface area contributed by atoms with Crippen molar-refractivity contribution in [1.29, 1.82) is 0 Å². The van der Waals surface area contributed by atoms with Crippen LogP contribution in [0.3, 0.4) is 0 Å². The Morgan fingerprint density at radius 1 is 1.07 bits per heavy atom. The lowest BCUT2D eigenvalue weighted by molar-refractivity contribution is 0.0967. The number of dihydropyridines is 1. The van der Waals surface area contributed by atoms with E-state index in [0.29, 0.717) is 0 Å². The molecule has 4 nitrogen and oxygen atoms in total. The zero-order valence-electron chi connectivity index (χ0n) is 16.5. The molecule has 0 spiro atoms. The maximum atomic E-state index is 6.27. The Balaban J connectivity index is 1.21. The summed E-state index contributed by atoms with van der Waals surface area (Å²) in [5.41, 5.74) is 5.03. The van der Waals surface area contributed by atoms with Gasteiger partial charge in [0, 0.05) is 32.4 Å². The number of fused-ring (bicyclic) bond motifs is 1. The van der Waals surface area contributed by atoms with Crippen molar-refractivity contribution in [3.05, 3.63) is 65.7 Å².